The van der Waals surface area contributed by atoms with E-state index >= 15 is 0 Å². The van der Waals surface area contributed by atoms with Crippen LogP contribution in [-0.4, -0.2) is 12.2 Å². The topological polar surface area (TPSA) is 29.5 Å². The smallest absolute Gasteiger partial charge is 0.118 e. The molecule has 0 heterocycles. The Balaban J connectivity index is 2.18. The van der Waals surface area contributed by atoms with Crippen molar-refractivity contribution in [1.29, 1.82) is 0 Å². The molecule has 0 fully saturated rings. The number of rotatable bonds is 4. The van der Waals surface area contributed by atoms with E-state index in [1.807, 2.05) is 30.3 Å². The molecule has 0 aliphatic carbocycles. The summed E-state index contributed by atoms with van der Waals surface area (Å²) in [5.74, 6) is 1.12. The van der Waals surface area contributed by atoms with Crippen molar-refractivity contribution in [2.75, 3.05) is 7.11 Å². The molecule has 2 nitrogen and oxygen atoms in total. The molecular formula is C21H20O2. The zero-order valence-corrected chi connectivity index (χ0v) is 13.4. The molecule has 0 spiro atoms. The van der Waals surface area contributed by atoms with Gasteiger partial charge in [-0.3, -0.25) is 0 Å². The number of phenolic OH excluding ortho intramolecular Hbond substituents is 1. The molecule has 0 amide bonds. The van der Waals surface area contributed by atoms with Crippen molar-refractivity contribution in [3.8, 4) is 11.5 Å². The van der Waals surface area contributed by atoms with Crippen LogP contribution in [0.5, 0.6) is 11.5 Å². The van der Waals surface area contributed by atoms with E-state index in [9.17, 15) is 5.11 Å². The molecule has 0 aliphatic heterocycles. The largest absolute Gasteiger partial charge is 0.508 e. The van der Waals surface area contributed by atoms with Gasteiger partial charge in [0.15, 0.2) is 0 Å². The second-order valence-corrected chi connectivity index (χ2v) is 5.77. The minimum atomic E-state index is -0.304. The molecule has 2 heteroatoms. The molecule has 116 valence electrons. The van der Waals surface area contributed by atoms with E-state index in [1.165, 1.54) is 11.1 Å². The zero-order valence-electron chi connectivity index (χ0n) is 13.4. The summed E-state index contributed by atoms with van der Waals surface area (Å²) in [5, 5.41) is 9.62. The van der Waals surface area contributed by atoms with Crippen molar-refractivity contribution in [2.45, 2.75) is 12.3 Å². The Labute approximate surface area is 137 Å². The molecule has 3 rings (SSSR count). The van der Waals surface area contributed by atoms with Gasteiger partial charge >= 0.3 is 0 Å². The first-order chi connectivity index (χ1) is 11.1. The Hall–Kier alpha value is -2.74. The summed E-state index contributed by atoms with van der Waals surface area (Å²) in [6.45, 7) is 2.20. The van der Waals surface area contributed by atoms with Crippen LogP contribution in [0.2, 0.25) is 0 Å². The highest BCUT2D eigenvalue weighted by molar-refractivity contribution is 5.51. The van der Waals surface area contributed by atoms with Crippen LogP contribution in [0.25, 0.3) is 0 Å². The molecule has 1 unspecified atom stereocenters. The molecule has 0 aliphatic rings. The molecular weight excluding hydrogens is 284 g/mol. The first kappa shape index (κ1) is 15.2. The average molecular weight is 304 g/mol. The lowest BCUT2D eigenvalue weighted by atomic mass is 9.71. The van der Waals surface area contributed by atoms with Crippen LogP contribution in [0, 0.1) is 0 Å². The lowest BCUT2D eigenvalue weighted by molar-refractivity contribution is 0.414. The van der Waals surface area contributed by atoms with Gasteiger partial charge in [0.05, 0.1) is 7.11 Å². The molecule has 0 bridgehead atoms. The molecule has 1 N–H and O–H groups in total. The summed E-state index contributed by atoms with van der Waals surface area (Å²) in [6.07, 6.45) is 0. The lowest BCUT2D eigenvalue weighted by Gasteiger charge is -2.32. The second kappa shape index (κ2) is 6.17. The number of benzene rings is 3. The van der Waals surface area contributed by atoms with Gasteiger partial charge in [0.1, 0.15) is 11.5 Å². The van der Waals surface area contributed by atoms with E-state index in [2.05, 4.69) is 43.3 Å². The van der Waals surface area contributed by atoms with Gasteiger partial charge in [0.25, 0.3) is 0 Å². The second-order valence-electron chi connectivity index (χ2n) is 5.77. The molecule has 0 saturated carbocycles. The van der Waals surface area contributed by atoms with E-state index < -0.39 is 0 Å². The number of phenols is 1. The van der Waals surface area contributed by atoms with Gasteiger partial charge in [-0.25, -0.2) is 0 Å². The molecule has 3 aromatic carbocycles. The van der Waals surface area contributed by atoms with Crippen molar-refractivity contribution in [3.05, 3.63) is 95.6 Å². The number of methoxy groups -OCH3 is 1. The molecule has 0 radical (unpaired) electrons. The predicted molar refractivity (Wildman–Crippen MR) is 93.1 cm³/mol. The highest BCUT2D eigenvalue weighted by Gasteiger charge is 2.31. The summed E-state index contributed by atoms with van der Waals surface area (Å²) in [5.41, 5.74) is 3.21. The van der Waals surface area contributed by atoms with Gasteiger partial charge in [0.2, 0.25) is 0 Å². The summed E-state index contributed by atoms with van der Waals surface area (Å²) in [7, 11) is 1.67. The minimum Gasteiger partial charge on any atom is -0.508 e. The normalized spacial score (nSPS) is 13.3. The highest BCUT2D eigenvalue weighted by Crippen LogP contribution is 2.39. The first-order valence-corrected chi connectivity index (χ1v) is 7.64. The van der Waals surface area contributed by atoms with Crippen LogP contribution in [0.1, 0.15) is 23.6 Å². The van der Waals surface area contributed by atoms with E-state index in [-0.39, 0.29) is 11.2 Å². The monoisotopic (exact) mass is 304 g/mol. The fraction of sp³-hybridized carbons (Fsp3) is 0.143. The Kier molecular flexibility index (Phi) is 4.07. The van der Waals surface area contributed by atoms with E-state index in [1.54, 1.807) is 19.2 Å². The van der Waals surface area contributed by atoms with Gasteiger partial charge in [0, 0.05) is 5.41 Å². The number of hydrogen-bond donors (Lipinski definition) is 1. The third-order valence-corrected chi connectivity index (χ3v) is 4.46. The highest BCUT2D eigenvalue weighted by atomic mass is 16.5. The van der Waals surface area contributed by atoms with Crippen LogP contribution in [0.4, 0.5) is 0 Å². The Morgan fingerprint density at radius 3 is 1.70 bits per heavy atom. The lowest BCUT2D eigenvalue weighted by Crippen LogP contribution is -2.25. The fourth-order valence-corrected chi connectivity index (χ4v) is 2.99. The third kappa shape index (κ3) is 2.80. The number of aromatic hydroxyl groups is 1. The van der Waals surface area contributed by atoms with E-state index in [4.69, 9.17) is 4.74 Å². The van der Waals surface area contributed by atoms with Crippen LogP contribution >= 0.6 is 0 Å². The van der Waals surface area contributed by atoms with Gasteiger partial charge in [-0.1, -0.05) is 54.6 Å². The molecule has 23 heavy (non-hydrogen) atoms. The summed E-state index contributed by atoms with van der Waals surface area (Å²) in [6, 6.07) is 26.0. The van der Waals surface area contributed by atoms with Crippen LogP contribution in [0.3, 0.4) is 0 Å². The van der Waals surface area contributed by atoms with Gasteiger partial charge < -0.3 is 9.84 Å². The van der Waals surface area contributed by atoms with Gasteiger partial charge in [-0.05, 0) is 47.9 Å². The van der Waals surface area contributed by atoms with Gasteiger partial charge in [-0.2, -0.15) is 0 Å². The van der Waals surface area contributed by atoms with Crippen molar-refractivity contribution in [1.82, 2.24) is 0 Å². The number of hydrogen-bond acceptors (Lipinski definition) is 2. The van der Waals surface area contributed by atoms with Crippen LogP contribution in [0.15, 0.2) is 78.9 Å². The van der Waals surface area contributed by atoms with E-state index in [0.29, 0.717) is 0 Å². The maximum atomic E-state index is 9.62. The first-order valence-electron chi connectivity index (χ1n) is 7.64. The maximum absolute atomic E-state index is 9.62. The fourth-order valence-electron chi connectivity index (χ4n) is 2.99. The zero-order chi connectivity index (χ0) is 16.3. The Bertz CT molecular complexity index is 761. The quantitative estimate of drug-likeness (QED) is 0.704. The molecule has 0 saturated heterocycles. The van der Waals surface area contributed by atoms with Crippen LogP contribution in [-0.2, 0) is 5.41 Å². The summed E-state index contributed by atoms with van der Waals surface area (Å²) in [4.78, 5) is 0. The summed E-state index contributed by atoms with van der Waals surface area (Å²) < 4.78 is 5.28. The molecule has 0 aromatic heterocycles. The molecule has 1 atom stereocenters. The van der Waals surface area contributed by atoms with Gasteiger partial charge in [-0.15, -0.1) is 0 Å². The predicted octanol–water partition coefficient (Wildman–Crippen LogP) is 4.76. The standard InChI is InChI=1S/C21H20O2/c1-21(16-6-4-3-5-7-16,17-8-12-19(22)13-9-17)18-10-14-20(23-2)15-11-18/h3-15,22H,1-2H3. The van der Waals surface area contributed by atoms with Crippen molar-refractivity contribution < 1.29 is 9.84 Å². The van der Waals surface area contributed by atoms with Crippen LogP contribution < -0.4 is 4.74 Å². The average Bonchev–Trinajstić information content (AvgIpc) is 2.62. The molecule has 3 aromatic rings. The Morgan fingerprint density at radius 2 is 1.17 bits per heavy atom. The van der Waals surface area contributed by atoms with Crippen molar-refractivity contribution >= 4 is 0 Å². The van der Waals surface area contributed by atoms with Crippen molar-refractivity contribution in [3.63, 3.8) is 0 Å². The minimum absolute atomic E-state index is 0.277. The number of ether oxygens (including phenoxy) is 1. The summed E-state index contributed by atoms with van der Waals surface area (Å²) >= 11 is 0. The maximum Gasteiger partial charge on any atom is 0.118 e. The van der Waals surface area contributed by atoms with E-state index in [0.717, 1.165) is 11.3 Å². The SMILES string of the molecule is COc1ccc(C(C)(c2ccccc2)c2ccc(O)cc2)cc1. The van der Waals surface area contributed by atoms with Crippen molar-refractivity contribution in [2.24, 2.45) is 0 Å². The third-order valence-electron chi connectivity index (χ3n) is 4.46. The Morgan fingerprint density at radius 1 is 0.696 bits per heavy atom.